The number of piperidine rings is 1. The zero-order valence-corrected chi connectivity index (χ0v) is 18.9. The van der Waals surface area contributed by atoms with Gasteiger partial charge in [0.1, 0.15) is 23.3 Å². The van der Waals surface area contributed by atoms with Crippen molar-refractivity contribution in [2.75, 3.05) is 18.0 Å². The van der Waals surface area contributed by atoms with Crippen LogP contribution < -0.4 is 10.5 Å². The summed E-state index contributed by atoms with van der Waals surface area (Å²) in [6.07, 6.45) is 3.91. The fourth-order valence-electron chi connectivity index (χ4n) is 4.69. The maximum Gasteiger partial charge on any atom is 0.264 e. The standard InChI is InChI=1S/C26H23FN6O2/c27-19-6-8-20(9-7-19)33-24-21(15-29-33)25(34)32(17-28-24)16-26(35)11-13-31(14-12-26)23-10-5-18-3-1-2-4-22(18)30-23/h1-10,15,17,35H,11-14,16H2. The van der Waals surface area contributed by atoms with Crippen molar-refractivity contribution in [1.82, 2.24) is 24.3 Å². The molecule has 1 aliphatic heterocycles. The van der Waals surface area contributed by atoms with Crippen LogP contribution >= 0.6 is 0 Å². The fourth-order valence-corrected chi connectivity index (χ4v) is 4.69. The summed E-state index contributed by atoms with van der Waals surface area (Å²) in [5.74, 6) is 0.537. The highest BCUT2D eigenvalue weighted by molar-refractivity contribution is 5.80. The maximum absolute atomic E-state index is 13.3. The zero-order chi connectivity index (χ0) is 24.0. The Hall–Kier alpha value is -4.11. The molecule has 8 nitrogen and oxygen atoms in total. The van der Waals surface area contributed by atoms with Gasteiger partial charge in [0.05, 0.1) is 29.5 Å². The van der Waals surface area contributed by atoms with Gasteiger partial charge in [-0.1, -0.05) is 18.2 Å². The molecular weight excluding hydrogens is 447 g/mol. The Balaban J connectivity index is 1.20. The lowest BCUT2D eigenvalue weighted by molar-refractivity contribution is -0.00111. The molecule has 2 aromatic carbocycles. The lowest BCUT2D eigenvalue weighted by Gasteiger charge is -2.39. The quantitative estimate of drug-likeness (QED) is 0.434. The normalized spacial score (nSPS) is 15.7. The molecule has 1 N–H and O–H groups in total. The van der Waals surface area contributed by atoms with E-state index >= 15 is 0 Å². The minimum atomic E-state index is -1.03. The van der Waals surface area contributed by atoms with Gasteiger partial charge in [0.2, 0.25) is 0 Å². The Morgan fingerprint density at radius 1 is 1.00 bits per heavy atom. The van der Waals surface area contributed by atoms with E-state index in [1.165, 1.54) is 33.9 Å². The third kappa shape index (κ3) is 3.93. The predicted molar refractivity (Wildman–Crippen MR) is 131 cm³/mol. The molecule has 1 aliphatic rings. The SMILES string of the molecule is O=c1c2cnn(-c3ccc(F)cc3)c2ncn1CC1(O)CCN(c2ccc3ccccc3n2)CC1. The molecule has 0 unspecified atom stereocenters. The van der Waals surface area contributed by atoms with Crippen LogP contribution in [0.15, 0.2) is 78.0 Å². The van der Waals surface area contributed by atoms with Crippen LogP contribution in [0.25, 0.3) is 27.6 Å². The average molecular weight is 471 g/mol. The van der Waals surface area contributed by atoms with Crippen LogP contribution in [0.5, 0.6) is 0 Å². The Bertz CT molecular complexity index is 1590. The first kappa shape index (κ1) is 21.4. The summed E-state index contributed by atoms with van der Waals surface area (Å²) < 4.78 is 16.2. The molecular formula is C26H23FN6O2. The number of fused-ring (bicyclic) bond motifs is 2. The largest absolute Gasteiger partial charge is 0.388 e. The van der Waals surface area contributed by atoms with E-state index in [1.807, 2.05) is 30.3 Å². The molecule has 0 amide bonds. The van der Waals surface area contributed by atoms with Crippen LogP contribution in [0.2, 0.25) is 0 Å². The maximum atomic E-state index is 13.3. The van der Waals surface area contributed by atoms with E-state index in [1.54, 1.807) is 12.1 Å². The van der Waals surface area contributed by atoms with Gasteiger partial charge in [0.15, 0.2) is 5.65 Å². The second-order valence-corrected chi connectivity index (χ2v) is 9.02. The number of halogens is 1. The van der Waals surface area contributed by atoms with Crippen molar-refractivity contribution in [3.63, 3.8) is 0 Å². The smallest absolute Gasteiger partial charge is 0.264 e. The number of benzene rings is 2. The second kappa shape index (κ2) is 8.28. The number of para-hydroxylation sites is 1. The Morgan fingerprint density at radius 3 is 2.57 bits per heavy atom. The van der Waals surface area contributed by atoms with Crippen molar-refractivity contribution in [3.8, 4) is 5.69 Å². The van der Waals surface area contributed by atoms with E-state index in [0.29, 0.717) is 42.7 Å². The van der Waals surface area contributed by atoms with Gasteiger partial charge in [-0.25, -0.2) is 19.0 Å². The van der Waals surface area contributed by atoms with Gasteiger partial charge in [0, 0.05) is 18.5 Å². The Labute approximate surface area is 199 Å². The molecule has 0 aliphatic carbocycles. The van der Waals surface area contributed by atoms with Crippen molar-refractivity contribution >= 4 is 27.8 Å². The van der Waals surface area contributed by atoms with E-state index in [4.69, 9.17) is 4.98 Å². The first-order valence-corrected chi connectivity index (χ1v) is 11.5. The van der Waals surface area contributed by atoms with Crippen LogP contribution in [0.1, 0.15) is 12.8 Å². The molecule has 0 spiro atoms. The molecule has 176 valence electrons. The van der Waals surface area contributed by atoms with Crippen molar-refractivity contribution in [1.29, 1.82) is 0 Å². The lowest BCUT2D eigenvalue weighted by Crippen LogP contribution is -2.48. The predicted octanol–water partition coefficient (Wildman–Crippen LogP) is 3.30. The first-order chi connectivity index (χ1) is 17.0. The summed E-state index contributed by atoms with van der Waals surface area (Å²) in [6, 6.07) is 17.9. The minimum absolute atomic E-state index is 0.148. The van der Waals surface area contributed by atoms with Crippen LogP contribution in [0.4, 0.5) is 10.2 Å². The average Bonchev–Trinajstić information content (AvgIpc) is 3.31. The van der Waals surface area contributed by atoms with E-state index in [2.05, 4.69) is 21.0 Å². The molecule has 3 aromatic heterocycles. The monoisotopic (exact) mass is 470 g/mol. The Morgan fingerprint density at radius 2 is 1.77 bits per heavy atom. The van der Waals surface area contributed by atoms with E-state index < -0.39 is 5.60 Å². The third-order valence-electron chi connectivity index (χ3n) is 6.69. The molecule has 6 rings (SSSR count). The molecule has 0 atom stereocenters. The number of pyridine rings is 1. The highest BCUT2D eigenvalue weighted by atomic mass is 19.1. The number of rotatable bonds is 4. The van der Waals surface area contributed by atoms with Crippen molar-refractivity contribution < 1.29 is 9.50 Å². The number of aromatic nitrogens is 5. The number of hydrogen-bond donors (Lipinski definition) is 1. The molecule has 1 fully saturated rings. The number of nitrogens with zero attached hydrogens (tertiary/aromatic N) is 6. The summed E-state index contributed by atoms with van der Waals surface area (Å²) >= 11 is 0. The van der Waals surface area contributed by atoms with Crippen LogP contribution in [0, 0.1) is 5.82 Å². The molecule has 4 heterocycles. The number of aliphatic hydroxyl groups is 1. The summed E-state index contributed by atoms with van der Waals surface area (Å²) in [5.41, 5.74) is 0.647. The minimum Gasteiger partial charge on any atom is -0.388 e. The summed E-state index contributed by atoms with van der Waals surface area (Å²) in [4.78, 5) is 24.5. The zero-order valence-electron chi connectivity index (χ0n) is 18.9. The van der Waals surface area contributed by atoms with Gasteiger partial charge in [-0.15, -0.1) is 0 Å². The van der Waals surface area contributed by atoms with Gasteiger partial charge >= 0.3 is 0 Å². The van der Waals surface area contributed by atoms with E-state index in [-0.39, 0.29) is 17.9 Å². The van der Waals surface area contributed by atoms with Crippen molar-refractivity contribution in [2.45, 2.75) is 25.0 Å². The molecule has 35 heavy (non-hydrogen) atoms. The summed E-state index contributed by atoms with van der Waals surface area (Å²) in [7, 11) is 0. The van der Waals surface area contributed by atoms with Crippen molar-refractivity contribution in [3.05, 3.63) is 89.4 Å². The Kier molecular flexibility index (Phi) is 5.07. The van der Waals surface area contributed by atoms with Crippen LogP contribution in [-0.4, -0.2) is 48.1 Å². The van der Waals surface area contributed by atoms with Crippen LogP contribution in [-0.2, 0) is 6.54 Å². The topological polar surface area (TPSA) is 89.1 Å². The fraction of sp³-hybridized carbons (Fsp3) is 0.231. The van der Waals surface area contributed by atoms with Gasteiger partial charge < -0.3 is 10.0 Å². The van der Waals surface area contributed by atoms with E-state index in [9.17, 15) is 14.3 Å². The van der Waals surface area contributed by atoms with Gasteiger partial charge in [0.25, 0.3) is 5.56 Å². The second-order valence-electron chi connectivity index (χ2n) is 9.02. The first-order valence-electron chi connectivity index (χ1n) is 11.5. The molecule has 5 aromatic rings. The third-order valence-corrected chi connectivity index (χ3v) is 6.69. The summed E-state index contributed by atoms with van der Waals surface area (Å²) in [6.45, 7) is 1.42. The van der Waals surface area contributed by atoms with Crippen molar-refractivity contribution in [2.24, 2.45) is 0 Å². The van der Waals surface area contributed by atoms with Gasteiger partial charge in [-0.3, -0.25) is 9.36 Å². The highest BCUT2D eigenvalue weighted by Gasteiger charge is 2.34. The van der Waals surface area contributed by atoms with Gasteiger partial charge in [-0.2, -0.15) is 5.10 Å². The molecule has 0 bridgehead atoms. The number of hydrogen-bond acceptors (Lipinski definition) is 6. The molecule has 9 heteroatoms. The van der Waals surface area contributed by atoms with E-state index in [0.717, 1.165) is 16.7 Å². The molecule has 0 radical (unpaired) electrons. The number of anilines is 1. The summed E-state index contributed by atoms with van der Waals surface area (Å²) in [5, 5.41) is 17.0. The molecule has 0 saturated carbocycles. The highest BCUT2D eigenvalue weighted by Crippen LogP contribution is 2.28. The van der Waals surface area contributed by atoms with Gasteiger partial charge in [-0.05, 0) is 55.3 Å². The lowest BCUT2D eigenvalue weighted by atomic mass is 9.91. The molecule has 1 saturated heterocycles. The van der Waals surface area contributed by atoms with Crippen LogP contribution in [0.3, 0.4) is 0 Å².